The fourth-order valence-electron chi connectivity index (χ4n) is 4.34. The minimum absolute atomic E-state index is 0.0603. The van der Waals surface area contributed by atoms with Crippen molar-refractivity contribution in [3.63, 3.8) is 0 Å². The molecule has 1 amide bonds. The number of fused-ring (bicyclic) bond motifs is 1. The summed E-state index contributed by atoms with van der Waals surface area (Å²) in [5, 5.41) is 4.85. The van der Waals surface area contributed by atoms with Crippen LogP contribution in [0.15, 0.2) is 12.1 Å². The Balaban J connectivity index is 1.43. The number of hydrogen-bond donors (Lipinski definition) is 0. The van der Waals surface area contributed by atoms with Crippen LogP contribution in [0, 0.1) is 0 Å². The molecule has 0 bridgehead atoms. The molecule has 0 spiro atoms. The third-order valence-electron chi connectivity index (χ3n) is 6.00. The van der Waals surface area contributed by atoms with Gasteiger partial charge in [-0.3, -0.25) is 14.4 Å². The van der Waals surface area contributed by atoms with E-state index >= 15 is 0 Å². The van der Waals surface area contributed by atoms with Crippen LogP contribution in [0.5, 0.6) is 11.8 Å². The molecule has 9 heteroatoms. The average molecular weight is 430 g/mol. The van der Waals surface area contributed by atoms with Crippen molar-refractivity contribution in [2.45, 2.75) is 39.5 Å². The molecule has 168 valence electrons. The first-order valence-corrected chi connectivity index (χ1v) is 10.9. The van der Waals surface area contributed by atoms with Crippen LogP contribution >= 0.6 is 0 Å². The number of amides is 1. The molecular weight excluding hydrogens is 398 g/mol. The van der Waals surface area contributed by atoms with E-state index in [2.05, 4.69) is 21.5 Å². The molecule has 4 rings (SSSR count). The van der Waals surface area contributed by atoms with E-state index in [1.807, 2.05) is 4.90 Å². The van der Waals surface area contributed by atoms with Crippen molar-refractivity contribution in [2.24, 2.45) is 0 Å². The first-order valence-electron chi connectivity index (χ1n) is 10.9. The van der Waals surface area contributed by atoms with Crippen molar-refractivity contribution >= 4 is 5.91 Å². The van der Waals surface area contributed by atoms with E-state index < -0.39 is 0 Å². The summed E-state index contributed by atoms with van der Waals surface area (Å²) in [6, 6.07) is 3.41. The number of carbonyl (C=O) groups excluding carboxylic acids is 1. The van der Waals surface area contributed by atoms with Gasteiger partial charge in [-0.25, -0.2) is 0 Å². The molecule has 2 aliphatic rings. The van der Waals surface area contributed by atoms with Gasteiger partial charge >= 0.3 is 0 Å². The van der Waals surface area contributed by atoms with Crippen LogP contribution in [-0.2, 0) is 30.9 Å². The van der Waals surface area contributed by atoms with Gasteiger partial charge in [-0.05, 0) is 19.4 Å². The van der Waals surface area contributed by atoms with Gasteiger partial charge in [0.1, 0.15) is 5.56 Å². The van der Waals surface area contributed by atoms with Crippen molar-refractivity contribution in [3.05, 3.63) is 34.6 Å². The summed E-state index contributed by atoms with van der Waals surface area (Å²) < 4.78 is 18.3. The fourth-order valence-corrected chi connectivity index (χ4v) is 4.34. The predicted octanol–water partition coefficient (Wildman–Crippen LogP) is 1.74. The van der Waals surface area contributed by atoms with Crippen LogP contribution in [0.4, 0.5) is 0 Å². The van der Waals surface area contributed by atoms with Gasteiger partial charge in [-0.1, -0.05) is 0 Å². The largest absolute Gasteiger partial charge is 0.481 e. The molecule has 1 saturated heterocycles. The highest BCUT2D eigenvalue weighted by atomic mass is 16.5. The number of aromatic nitrogens is 3. The van der Waals surface area contributed by atoms with Gasteiger partial charge in [-0.15, -0.1) is 0 Å². The number of methoxy groups -OCH3 is 2. The van der Waals surface area contributed by atoms with Gasteiger partial charge in [-0.2, -0.15) is 10.1 Å². The Hall–Kier alpha value is -2.65. The van der Waals surface area contributed by atoms with E-state index in [9.17, 15) is 4.79 Å². The topological polar surface area (TPSA) is 82.0 Å². The second-order valence-corrected chi connectivity index (χ2v) is 7.82. The van der Waals surface area contributed by atoms with Crippen molar-refractivity contribution < 1.29 is 19.0 Å². The molecule has 31 heavy (non-hydrogen) atoms. The van der Waals surface area contributed by atoms with Crippen LogP contribution < -0.4 is 9.47 Å². The smallest absolute Gasteiger partial charge is 0.259 e. The SMILES string of the molecule is CCn1nc(CN2CCCN(C(=O)c3ccc(OC)nc3OC)CC2)c2c1CCOC2. The Morgan fingerprint density at radius 3 is 2.81 bits per heavy atom. The Morgan fingerprint density at radius 2 is 2.03 bits per heavy atom. The highest BCUT2D eigenvalue weighted by Crippen LogP contribution is 2.24. The Labute approximate surface area is 182 Å². The Bertz CT molecular complexity index is 929. The summed E-state index contributed by atoms with van der Waals surface area (Å²) in [6.07, 6.45) is 1.83. The molecule has 2 aliphatic heterocycles. The van der Waals surface area contributed by atoms with Crippen LogP contribution in [-0.4, -0.2) is 77.5 Å². The highest BCUT2D eigenvalue weighted by molar-refractivity contribution is 5.96. The molecule has 1 fully saturated rings. The standard InChI is InChI=1S/C22H31N5O4/c1-4-27-19-8-13-31-15-17(19)18(24-27)14-25-9-5-10-26(12-11-25)22(28)16-6-7-20(29-2)23-21(16)30-3/h6-7H,4-5,8-15H2,1-3H3. The van der Waals surface area contributed by atoms with Gasteiger partial charge < -0.3 is 19.1 Å². The number of carbonyl (C=O) groups is 1. The molecular formula is C22H31N5O4. The predicted molar refractivity (Wildman–Crippen MR) is 114 cm³/mol. The summed E-state index contributed by atoms with van der Waals surface area (Å²) in [7, 11) is 3.06. The van der Waals surface area contributed by atoms with Crippen molar-refractivity contribution in [1.82, 2.24) is 24.6 Å². The lowest BCUT2D eigenvalue weighted by Crippen LogP contribution is -2.35. The molecule has 2 aromatic rings. The first kappa shape index (κ1) is 21.6. The molecule has 9 nitrogen and oxygen atoms in total. The molecule has 4 heterocycles. The summed E-state index contributed by atoms with van der Waals surface area (Å²) in [5.41, 5.74) is 4.14. The van der Waals surface area contributed by atoms with E-state index in [-0.39, 0.29) is 5.91 Å². The maximum atomic E-state index is 13.1. The van der Waals surface area contributed by atoms with Crippen molar-refractivity contribution in [1.29, 1.82) is 0 Å². The minimum atomic E-state index is -0.0603. The van der Waals surface area contributed by atoms with Gasteiger partial charge in [0, 0.05) is 63.0 Å². The summed E-state index contributed by atoms with van der Waals surface area (Å²) >= 11 is 0. The van der Waals surface area contributed by atoms with Crippen LogP contribution in [0.1, 0.15) is 40.7 Å². The van der Waals surface area contributed by atoms with Gasteiger partial charge in [0.25, 0.3) is 5.91 Å². The quantitative estimate of drug-likeness (QED) is 0.692. The van der Waals surface area contributed by atoms with Crippen LogP contribution in [0.3, 0.4) is 0 Å². The van der Waals surface area contributed by atoms with E-state index in [0.29, 0.717) is 37.0 Å². The van der Waals surface area contributed by atoms with Crippen LogP contribution in [0.25, 0.3) is 0 Å². The zero-order valence-corrected chi connectivity index (χ0v) is 18.6. The molecule has 0 unspecified atom stereocenters. The second-order valence-electron chi connectivity index (χ2n) is 7.82. The number of ether oxygens (including phenoxy) is 3. The number of rotatable bonds is 6. The summed E-state index contributed by atoms with van der Waals surface area (Å²) in [4.78, 5) is 21.7. The van der Waals surface area contributed by atoms with Crippen molar-refractivity contribution in [3.8, 4) is 11.8 Å². The summed E-state index contributed by atoms with van der Waals surface area (Å²) in [5.74, 6) is 0.659. The summed E-state index contributed by atoms with van der Waals surface area (Å²) in [6.45, 7) is 8.29. The average Bonchev–Trinajstić information content (AvgIpc) is 2.99. The Morgan fingerprint density at radius 1 is 1.16 bits per heavy atom. The molecule has 0 N–H and O–H groups in total. The lowest BCUT2D eigenvalue weighted by atomic mass is 10.1. The first-order chi connectivity index (χ1) is 15.1. The monoisotopic (exact) mass is 429 g/mol. The molecule has 0 atom stereocenters. The van der Waals surface area contributed by atoms with Gasteiger partial charge in [0.05, 0.1) is 33.1 Å². The Kier molecular flexibility index (Phi) is 6.72. The third kappa shape index (κ3) is 4.52. The van der Waals surface area contributed by atoms with E-state index in [4.69, 9.17) is 19.3 Å². The van der Waals surface area contributed by atoms with Crippen molar-refractivity contribution in [2.75, 3.05) is 47.0 Å². The highest BCUT2D eigenvalue weighted by Gasteiger charge is 2.26. The molecule has 0 radical (unpaired) electrons. The molecule has 0 aliphatic carbocycles. The zero-order valence-electron chi connectivity index (χ0n) is 18.6. The minimum Gasteiger partial charge on any atom is -0.481 e. The lowest BCUT2D eigenvalue weighted by molar-refractivity contribution is 0.0756. The third-order valence-corrected chi connectivity index (χ3v) is 6.00. The second kappa shape index (κ2) is 9.65. The zero-order chi connectivity index (χ0) is 21.8. The van der Waals surface area contributed by atoms with E-state index in [1.54, 1.807) is 19.2 Å². The number of aryl methyl sites for hydroxylation is 1. The molecule has 0 aromatic carbocycles. The number of nitrogens with zero attached hydrogens (tertiary/aromatic N) is 5. The van der Waals surface area contributed by atoms with Gasteiger partial charge in [0.2, 0.25) is 11.8 Å². The molecule has 2 aromatic heterocycles. The number of hydrogen-bond acceptors (Lipinski definition) is 7. The lowest BCUT2D eigenvalue weighted by Gasteiger charge is -2.22. The maximum Gasteiger partial charge on any atom is 0.259 e. The number of pyridine rings is 1. The fraction of sp³-hybridized carbons (Fsp3) is 0.591. The normalized spacial score (nSPS) is 17.2. The van der Waals surface area contributed by atoms with Crippen LogP contribution in [0.2, 0.25) is 0 Å². The maximum absolute atomic E-state index is 13.1. The molecule has 0 saturated carbocycles. The van der Waals surface area contributed by atoms with Gasteiger partial charge in [0.15, 0.2) is 0 Å². The van der Waals surface area contributed by atoms with E-state index in [0.717, 1.165) is 51.3 Å². The van der Waals surface area contributed by atoms with E-state index in [1.165, 1.54) is 18.4 Å².